The molecule has 2 aromatic rings. The molecule has 0 spiro atoms. The zero-order valence-corrected chi connectivity index (χ0v) is 11.9. The summed E-state index contributed by atoms with van der Waals surface area (Å²) in [5, 5.41) is -0.414. The van der Waals surface area contributed by atoms with Crippen LogP contribution in [0, 0.1) is 0 Å². The fourth-order valence-electron chi connectivity index (χ4n) is 1.63. The van der Waals surface area contributed by atoms with Gasteiger partial charge in [-0.05, 0) is 52.2 Å². The van der Waals surface area contributed by atoms with E-state index in [0.29, 0.717) is 16.9 Å². The molecular weight excluding hydrogens is 344 g/mol. The van der Waals surface area contributed by atoms with Crippen LogP contribution in [-0.2, 0) is 12.6 Å². The van der Waals surface area contributed by atoms with Gasteiger partial charge in [-0.25, -0.2) is 0 Å². The van der Waals surface area contributed by atoms with Gasteiger partial charge in [0.05, 0.1) is 10.9 Å². The van der Waals surface area contributed by atoms with Gasteiger partial charge in [0.15, 0.2) is 4.67 Å². The summed E-state index contributed by atoms with van der Waals surface area (Å²) in [6.07, 6.45) is -3.91. The summed E-state index contributed by atoms with van der Waals surface area (Å²) in [6, 6.07) is 8.41. The van der Waals surface area contributed by atoms with Gasteiger partial charge in [-0.3, -0.25) is 0 Å². The maximum absolute atomic E-state index is 12.4. The first-order valence-corrected chi connectivity index (χ1v) is 6.64. The Morgan fingerprint density at radius 3 is 2.21 bits per heavy atom. The minimum Gasteiger partial charge on any atom is -0.453 e. The summed E-state index contributed by atoms with van der Waals surface area (Å²) in [5.41, 5.74) is 0.0589. The zero-order chi connectivity index (χ0) is 14.0. The number of benzene rings is 1. The van der Waals surface area contributed by atoms with Crippen molar-refractivity contribution in [2.45, 2.75) is 18.0 Å². The first-order chi connectivity index (χ1) is 8.86. The highest BCUT2D eigenvalue weighted by atomic mass is 79.9. The SMILES string of the molecule is FC(F)(F)c1ccc(CC(Cl)c2ccc(Br)o2)cc1. The maximum Gasteiger partial charge on any atom is 0.416 e. The Morgan fingerprint density at radius 1 is 1.11 bits per heavy atom. The van der Waals surface area contributed by atoms with Gasteiger partial charge >= 0.3 is 6.18 Å². The highest BCUT2D eigenvalue weighted by molar-refractivity contribution is 9.10. The molecule has 102 valence electrons. The van der Waals surface area contributed by atoms with Gasteiger partial charge in [0.2, 0.25) is 0 Å². The summed E-state index contributed by atoms with van der Waals surface area (Å²) in [7, 11) is 0. The van der Waals surface area contributed by atoms with E-state index in [0.717, 1.165) is 17.7 Å². The van der Waals surface area contributed by atoms with Crippen LogP contribution in [-0.4, -0.2) is 0 Å². The Labute approximate surface area is 121 Å². The summed E-state index contributed by atoms with van der Waals surface area (Å²) >= 11 is 9.31. The fraction of sp³-hybridized carbons (Fsp3) is 0.231. The Bertz CT molecular complexity index is 548. The minimum atomic E-state index is -4.31. The van der Waals surface area contributed by atoms with Crippen LogP contribution in [0.3, 0.4) is 0 Å². The number of alkyl halides is 4. The van der Waals surface area contributed by atoms with Crippen molar-refractivity contribution < 1.29 is 17.6 Å². The molecule has 1 nitrogen and oxygen atoms in total. The molecule has 0 radical (unpaired) electrons. The molecule has 1 atom stereocenters. The number of furan rings is 1. The number of halogens is 5. The molecule has 19 heavy (non-hydrogen) atoms. The normalized spacial score (nSPS) is 13.5. The molecule has 2 rings (SSSR count). The van der Waals surface area contributed by atoms with Crippen LogP contribution in [0.2, 0.25) is 0 Å². The molecule has 0 N–H and O–H groups in total. The van der Waals surface area contributed by atoms with Gasteiger partial charge in [0.1, 0.15) is 5.76 Å². The molecule has 1 heterocycles. The van der Waals surface area contributed by atoms with Crippen molar-refractivity contribution in [3.05, 3.63) is 58.0 Å². The molecule has 0 aliphatic carbocycles. The Morgan fingerprint density at radius 2 is 1.74 bits per heavy atom. The van der Waals surface area contributed by atoms with Gasteiger partial charge < -0.3 is 4.42 Å². The fourth-order valence-corrected chi connectivity index (χ4v) is 2.25. The van der Waals surface area contributed by atoms with Crippen molar-refractivity contribution in [3.63, 3.8) is 0 Å². The standard InChI is InChI=1S/C13H9BrClF3O/c14-12-6-5-11(19-12)10(15)7-8-1-3-9(4-2-8)13(16,17)18/h1-6,10H,7H2. The highest BCUT2D eigenvalue weighted by Crippen LogP contribution is 2.31. The van der Waals surface area contributed by atoms with Crippen LogP contribution in [0.5, 0.6) is 0 Å². The number of hydrogen-bond acceptors (Lipinski definition) is 1. The largest absolute Gasteiger partial charge is 0.453 e. The van der Waals surface area contributed by atoms with Crippen molar-refractivity contribution in [1.82, 2.24) is 0 Å². The second kappa shape index (κ2) is 5.59. The molecule has 0 amide bonds. The molecule has 0 saturated heterocycles. The van der Waals surface area contributed by atoms with Crippen LogP contribution in [0.15, 0.2) is 45.5 Å². The zero-order valence-electron chi connectivity index (χ0n) is 9.55. The molecule has 0 aliphatic heterocycles. The van der Waals surface area contributed by atoms with Gasteiger partial charge in [0, 0.05) is 0 Å². The molecule has 1 aromatic carbocycles. The van der Waals surface area contributed by atoms with E-state index in [4.69, 9.17) is 16.0 Å². The lowest BCUT2D eigenvalue weighted by molar-refractivity contribution is -0.137. The molecule has 1 unspecified atom stereocenters. The van der Waals surface area contributed by atoms with Gasteiger partial charge in [0.25, 0.3) is 0 Å². The van der Waals surface area contributed by atoms with E-state index in [2.05, 4.69) is 15.9 Å². The average Bonchev–Trinajstić information content (AvgIpc) is 2.75. The monoisotopic (exact) mass is 352 g/mol. The summed E-state index contributed by atoms with van der Waals surface area (Å²) in [5.74, 6) is 0.577. The smallest absolute Gasteiger partial charge is 0.416 e. The van der Waals surface area contributed by atoms with E-state index in [9.17, 15) is 13.2 Å². The summed E-state index contributed by atoms with van der Waals surface area (Å²) in [6.45, 7) is 0. The molecule has 6 heteroatoms. The van der Waals surface area contributed by atoms with Crippen LogP contribution in [0.4, 0.5) is 13.2 Å². The third-order valence-electron chi connectivity index (χ3n) is 2.60. The van der Waals surface area contributed by atoms with Gasteiger partial charge in [-0.2, -0.15) is 13.2 Å². The van der Waals surface area contributed by atoms with Crippen molar-refractivity contribution in [3.8, 4) is 0 Å². The van der Waals surface area contributed by atoms with Crippen molar-refractivity contribution >= 4 is 27.5 Å². The Kier molecular flexibility index (Phi) is 4.26. The van der Waals surface area contributed by atoms with Crippen LogP contribution in [0.25, 0.3) is 0 Å². The summed E-state index contributed by atoms with van der Waals surface area (Å²) < 4.78 is 43.1. The van der Waals surface area contributed by atoms with E-state index < -0.39 is 17.1 Å². The third-order valence-corrected chi connectivity index (χ3v) is 3.39. The van der Waals surface area contributed by atoms with E-state index in [1.54, 1.807) is 12.1 Å². The third kappa shape index (κ3) is 3.76. The average molecular weight is 354 g/mol. The first kappa shape index (κ1) is 14.5. The quantitative estimate of drug-likeness (QED) is 0.656. The van der Waals surface area contributed by atoms with Crippen LogP contribution < -0.4 is 0 Å². The molecular formula is C13H9BrClF3O. The molecule has 0 saturated carbocycles. The summed E-state index contributed by atoms with van der Waals surface area (Å²) in [4.78, 5) is 0. The van der Waals surface area contributed by atoms with Crippen molar-refractivity contribution in [1.29, 1.82) is 0 Å². The van der Waals surface area contributed by atoms with E-state index >= 15 is 0 Å². The molecule has 1 aromatic heterocycles. The second-order valence-corrected chi connectivity index (χ2v) is 5.32. The lowest BCUT2D eigenvalue weighted by atomic mass is 10.1. The van der Waals surface area contributed by atoms with Gasteiger partial charge in [-0.15, -0.1) is 11.6 Å². The lowest BCUT2D eigenvalue weighted by Gasteiger charge is -2.09. The molecule has 0 bridgehead atoms. The highest BCUT2D eigenvalue weighted by Gasteiger charge is 2.30. The lowest BCUT2D eigenvalue weighted by Crippen LogP contribution is -2.04. The molecule has 0 aliphatic rings. The van der Waals surface area contributed by atoms with Crippen LogP contribution >= 0.6 is 27.5 Å². The predicted molar refractivity (Wildman–Crippen MR) is 70.2 cm³/mol. The minimum absolute atomic E-state index is 0.402. The van der Waals surface area contributed by atoms with Gasteiger partial charge in [-0.1, -0.05) is 12.1 Å². The Hall–Kier alpha value is -0.940. The second-order valence-electron chi connectivity index (χ2n) is 4.01. The molecule has 0 fully saturated rings. The topological polar surface area (TPSA) is 13.1 Å². The van der Waals surface area contributed by atoms with Crippen molar-refractivity contribution in [2.75, 3.05) is 0 Å². The first-order valence-electron chi connectivity index (χ1n) is 5.41. The van der Waals surface area contributed by atoms with Crippen molar-refractivity contribution in [2.24, 2.45) is 0 Å². The number of hydrogen-bond donors (Lipinski definition) is 0. The Balaban J connectivity index is 2.07. The predicted octanol–water partition coefficient (Wildman–Crippen LogP) is 5.58. The maximum atomic E-state index is 12.4. The van der Waals surface area contributed by atoms with E-state index in [-0.39, 0.29) is 0 Å². The van der Waals surface area contributed by atoms with Crippen LogP contribution in [0.1, 0.15) is 22.3 Å². The van der Waals surface area contributed by atoms with E-state index in [1.165, 1.54) is 12.1 Å². The number of rotatable bonds is 3. The van der Waals surface area contributed by atoms with E-state index in [1.807, 2.05) is 0 Å².